The van der Waals surface area contributed by atoms with E-state index in [1.165, 1.54) is 0 Å². The number of H-pyrrole nitrogens is 1. The summed E-state index contributed by atoms with van der Waals surface area (Å²) in [4.78, 5) is 19.7. The lowest BCUT2D eigenvalue weighted by Gasteiger charge is -2.11. The molecule has 1 heterocycles. The van der Waals surface area contributed by atoms with Gasteiger partial charge >= 0.3 is 0 Å². The molecular formula is C19H21N3O2. The van der Waals surface area contributed by atoms with Gasteiger partial charge in [-0.05, 0) is 24.1 Å². The van der Waals surface area contributed by atoms with Crippen molar-refractivity contribution in [3.63, 3.8) is 0 Å². The lowest BCUT2D eigenvalue weighted by molar-refractivity contribution is -0.123. The van der Waals surface area contributed by atoms with Crippen LogP contribution in [0.1, 0.15) is 30.3 Å². The van der Waals surface area contributed by atoms with Gasteiger partial charge in [0.25, 0.3) is 0 Å². The molecule has 0 bridgehead atoms. The minimum Gasteiger partial charge on any atom is -0.388 e. The number of aromatic amines is 1. The SMILES string of the molecule is O=C(CC(O)c1ccccc1)NCCCc1nc2ccccc2[nH]1. The third-order valence-corrected chi connectivity index (χ3v) is 3.91. The number of imidazole rings is 1. The van der Waals surface area contributed by atoms with Crippen molar-refractivity contribution >= 4 is 16.9 Å². The first-order valence-electron chi connectivity index (χ1n) is 8.16. The summed E-state index contributed by atoms with van der Waals surface area (Å²) in [5.41, 5.74) is 2.75. The second-order valence-electron chi connectivity index (χ2n) is 5.78. The summed E-state index contributed by atoms with van der Waals surface area (Å²) in [6, 6.07) is 17.1. The molecule has 0 fully saturated rings. The third kappa shape index (κ3) is 4.20. The minimum atomic E-state index is -0.762. The van der Waals surface area contributed by atoms with E-state index >= 15 is 0 Å². The van der Waals surface area contributed by atoms with Crippen molar-refractivity contribution in [3.8, 4) is 0 Å². The molecule has 0 saturated carbocycles. The van der Waals surface area contributed by atoms with E-state index in [1.54, 1.807) is 0 Å². The Bertz CT molecular complexity index is 765. The molecule has 3 rings (SSSR count). The number of amides is 1. The molecule has 0 aliphatic rings. The topological polar surface area (TPSA) is 78.0 Å². The number of aryl methyl sites for hydroxylation is 1. The summed E-state index contributed by atoms with van der Waals surface area (Å²) in [7, 11) is 0. The number of benzene rings is 2. The van der Waals surface area contributed by atoms with E-state index in [2.05, 4.69) is 15.3 Å². The number of aromatic nitrogens is 2. The zero-order chi connectivity index (χ0) is 16.8. The Morgan fingerprint density at radius 2 is 1.88 bits per heavy atom. The molecule has 2 aromatic carbocycles. The lowest BCUT2D eigenvalue weighted by Crippen LogP contribution is -2.26. The Kier molecular flexibility index (Phi) is 5.23. The quantitative estimate of drug-likeness (QED) is 0.585. The maximum atomic E-state index is 11.9. The molecule has 124 valence electrons. The van der Waals surface area contributed by atoms with Gasteiger partial charge in [0.2, 0.25) is 5.91 Å². The van der Waals surface area contributed by atoms with Gasteiger partial charge in [-0.2, -0.15) is 0 Å². The number of hydrogen-bond acceptors (Lipinski definition) is 3. The molecule has 0 saturated heterocycles. The van der Waals surface area contributed by atoms with Crippen molar-refractivity contribution in [3.05, 3.63) is 66.0 Å². The van der Waals surface area contributed by atoms with Crippen LogP contribution in [0.2, 0.25) is 0 Å². The average molecular weight is 323 g/mol. The van der Waals surface area contributed by atoms with Crippen molar-refractivity contribution in [2.24, 2.45) is 0 Å². The lowest BCUT2D eigenvalue weighted by atomic mass is 10.1. The Balaban J connectivity index is 1.40. The number of carbonyl (C=O) groups is 1. The van der Waals surface area contributed by atoms with Crippen LogP contribution < -0.4 is 5.32 Å². The van der Waals surface area contributed by atoms with Gasteiger partial charge in [0, 0.05) is 13.0 Å². The van der Waals surface area contributed by atoms with Crippen molar-refractivity contribution in [2.75, 3.05) is 6.54 Å². The standard InChI is InChI=1S/C19H21N3O2/c23-17(14-7-2-1-3-8-14)13-19(24)20-12-6-11-18-21-15-9-4-5-10-16(15)22-18/h1-5,7-10,17,23H,6,11-13H2,(H,20,24)(H,21,22). The van der Waals surface area contributed by atoms with Gasteiger partial charge in [0.15, 0.2) is 0 Å². The molecule has 1 aromatic heterocycles. The van der Waals surface area contributed by atoms with Crippen LogP contribution in [-0.4, -0.2) is 27.5 Å². The molecule has 0 aliphatic heterocycles. The van der Waals surface area contributed by atoms with Crippen LogP contribution in [0, 0.1) is 0 Å². The Hall–Kier alpha value is -2.66. The van der Waals surface area contributed by atoms with Crippen LogP contribution in [0.4, 0.5) is 0 Å². The summed E-state index contributed by atoms with van der Waals surface area (Å²) in [5.74, 6) is 0.783. The molecule has 1 unspecified atom stereocenters. The van der Waals surface area contributed by atoms with E-state index in [1.807, 2.05) is 54.6 Å². The van der Waals surface area contributed by atoms with E-state index in [-0.39, 0.29) is 12.3 Å². The molecule has 3 N–H and O–H groups in total. The highest BCUT2D eigenvalue weighted by molar-refractivity contribution is 5.76. The first-order chi connectivity index (χ1) is 11.7. The molecule has 24 heavy (non-hydrogen) atoms. The molecule has 1 atom stereocenters. The molecule has 0 radical (unpaired) electrons. The molecule has 5 heteroatoms. The van der Waals surface area contributed by atoms with Crippen molar-refractivity contribution in [1.82, 2.24) is 15.3 Å². The number of para-hydroxylation sites is 2. The monoisotopic (exact) mass is 323 g/mol. The molecule has 5 nitrogen and oxygen atoms in total. The second-order valence-corrected chi connectivity index (χ2v) is 5.78. The summed E-state index contributed by atoms with van der Waals surface area (Å²) in [6.07, 6.45) is 0.888. The fraction of sp³-hybridized carbons (Fsp3) is 0.263. The van der Waals surface area contributed by atoms with Gasteiger partial charge in [-0.3, -0.25) is 4.79 Å². The predicted molar refractivity (Wildman–Crippen MR) is 93.4 cm³/mol. The molecular weight excluding hydrogens is 302 g/mol. The Morgan fingerprint density at radius 3 is 2.67 bits per heavy atom. The van der Waals surface area contributed by atoms with Crippen LogP contribution in [0.3, 0.4) is 0 Å². The largest absolute Gasteiger partial charge is 0.388 e. The van der Waals surface area contributed by atoms with Crippen molar-refractivity contribution < 1.29 is 9.90 Å². The fourth-order valence-electron chi connectivity index (χ4n) is 2.65. The van der Waals surface area contributed by atoms with E-state index in [0.29, 0.717) is 6.54 Å². The Morgan fingerprint density at radius 1 is 1.12 bits per heavy atom. The van der Waals surface area contributed by atoms with E-state index < -0.39 is 6.10 Å². The van der Waals surface area contributed by atoms with Gasteiger partial charge in [0.1, 0.15) is 5.82 Å². The number of fused-ring (bicyclic) bond motifs is 1. The summed E-state index contributed by atoms with van der Waals surface area (Å²) in [6.45, 7) is 0.567. The predicted octanol–water partition coefficient (Wildman–Crippen LogP) is 2.74. The summed E-state index contributed by atoms with van der Waals surface area (Å²) < 4.78 is 0. The highest BCUT2D eigenvalue weighted by Crippen LogP contribution is 2.15. The number of hydrogen-bond donors (Lipinski definition) is 3. The van der Waals surface area contributed by atoms with Crippen LogP contribution in [0.25, 0.3) is 11.0 Å². The van der Waals surface area contributed by atoms with Crippen LogP contribution in [0.15, 0.2) is 54.6 Å². The van der Waals surface area contributed by atoms with E-state index in [9.17, 15) is 9.90 Å². The van der Waals surface area contributed by atoms with Gasteiger partial charge in [-0.1, -0.05) is 42.5 Å². The minimum absolute atomic E-state index is 0.0780. The number of carbonyl (C=O) groups excluding carboxylic acids is 1. The normalized spacial score (nSPS) is 12.2. The van der Waals surface area contributed by atoms with E-state index in [4.69, 9.17) is 0 Å². The highest BCUT2D eigenvalue weighted by atomic mass is 16.3. The summed E-state index contributed by atoms with van der Waals surface area (Å²) in [5, 5.41) is 12.9. The fourth-order valence-corrected chi connectivity index (χ4v) is 2.65. The van der Waals surface area contributed by atoms with Gasteiger partial charge in [-0.15, -0.1) is 0 Å². The average Bonchev–Trinajstić information content (AvgIpc) is 3.02. The Labute approximate surface area is 140 Å². The molecule has 0 aliphatic carbocycles. The third-order valence-electron chi connectivity index (χ3n) is 3.91. The summed E-state index contributed by atoms with van der Waals surface area (Å²) >= 11 is 0. The number of nitrogens with one attached hydrogen (secondary N) is 2. The molecule has 3 aromatic rings. The van der Waals surface area contributed by atoms with E-state index in [0.717, 1.165) is 35.3 Å². The van der Waals surface area contributed by atoms with Crippen molar-refractivity contribution in [1.29, 1.82) is 0 Å². The number of nitrogens with zero attached hydrogens (tertiary/aromatic N) is 1. The van der Waals surface area contributed by atoms with Crippen LogP contribution >= 0.6 is 0 Å². The zero-order valence-corrected chi connectivity index (χ0v) is 13.4. The molecule has 0 spiro atoms. The second kappa shape index (κ2) is 7.75. The van der Waals surface area contributed by atoms with Crippen LogP contribution in [-0.2, 0) is 11.2 Å². The van der Waals surface area contributed by atoms with Gasteiger partial charge in [0.05, 0.1) is 23.6 Å². The first-order valence-corrected chi connectivity index (χ1v) is 8.16. The van der Waals surface area contributed by atoms with Crippen LogP contribution in [0.5, 0.6) is 0 Å². The first kappa shape index (κ1) is 16.2. The zero-order valence-electron chi connectivity index (χ0n) is 13.4. The maximum Gasteiger partial charge on any atom is 0.222 e. The highest BCUT2D eigenvalue weighted by Gasteiger charge is 2.12. The number of aliphatic hydroxyl groups excluding tert-OH is 1. The maximum absolute atomic E-state index is 11.9. The molecule has 1 amide bonds. The van der Waals surface area contributed by atoms with Crippen molar-refractivity contribution in [2.45, 2.75) is 25.4 Å². The number of aliphatic hydroxyl groups is 1. The number of rotatable bonds is 7. The van der Waals surface area contributed by atoms with Gasteiger partial charge < -0.3 is 15.4 Å². The smallest absolute Gasteiger partial charge is 0.222 e. The van der Waals surface area contributed by atoms with Gasteiger partial charge in [-0.25, -0.2) is 4.98 Å².